The van der Waals surface area contributed by atoms with Gasteiger partial charge >= 0.3 is 0 Å². The molecule has 7 aromatic carbocycles. The number of anilines is 7. The average Bonchev–Trinajstić information content (AvgIpc) is 1.47. The molecular weight excluding hydrogens is 1460 g/mol. The molecule has 0 amide bonds. The van der Waals surface area contributed by atoms with Crippen LogP contribution in [0, 0.1) is 60.8 Å². The zero-order valence-corrected chi connectivity index (χ0v) is 70.6. The number of rotatable bonds is 1. The molecule has 12 nitrogen and oxygen atoms in total. The van der Waals surface area contributed by atoms with Gasteiger partial charge in [0.15, 0.2) is 0 Å². The van der Waals surface area contributed by atoms with E-state index in [4.69, 9.17) is 16.5 Å². The van der Waals surface area contributed by atoms with E-state index in [1.165, 1.54) is 124 Å². The summed E-state index contributed by atoms with van der Waals surface area (Å²) in [7, 11) is 10.7. The van der Waals surface area contributed by atoms with Crippen molar-refractivity contribution < 1.29 is 108 Å². The van der Waals surface area contributed by atoms with Crippen molar-refractivity contribution in [3.8, 4) is 11.1 Å². The standard InChI is InChI=1S/C18H18N2.C17H18N2.C14H16N2.2C13H16N2.C3H5.2C2H4.C2H3.CH2O2.3Y/c1-12-7-6-10-16-14-8-4-5-9-15(14)17-11-19(3)13(2)20(17)18(12)16;1-11-6-4-7-13-10-14-8-5-9-15-17(14)19(16(11)13)12(2)18(15)3;1-10-5-4-6-12-7-8-13-9-15(3)11(2)16(13)14(10)12;1-9-5-4-6-11-7-12-8-14(3)10(2)15(12)13(9)11;1-10-7-5-6-8-13(10)15-11(2)9-14(4)12(15)3;1-3-2;3*1-2;2-1-3;;;/h4-11,13H,1-3H3;4-9,12H,10H2,1-3H3;4-9,11H,1-3H3;4-6,8,10H,7H2,1-3H3;5-7,9,12H,2H2,1,3-4H3;1,3H,2H3;2*1-2H2;1H,2H2;1H,(H,2,3);;;/q;;;;-2;-1;;;-1;;;;. The molecule has 9 aliphatic rings. The molecule has 9 aliphatic heterocycles. The third-order valence-electron chi connectivity index (χ3n) is 19.1. The fraction of sp³-hybridized carbons (Fsp3) is 0.271. The van der Waals surface area contributed by atoms with Gasteiger partial charge in [-0.25, -0.2) is 6.92 Å². The molecule has 0 aliphatic carbocycles. The van der Waals surface area contributed by atoms with Gasteiger partial charge in [0.2, 0.25) is 0 Å². The van der Waals surface area contributed by atoms with E-state index in [2.05, 4.69) is 364 Å². The Labute approximate surface area is 676 Å². The fourth-order valence-electron chi connectivity index (χ4n) is 14.1. The predicted molar refractivity (Wildman–Crippen MR) is 414 cm³/mol. The van der Waals surface area contributed by atoms with E-state index in [1.807, 2.05) is 12.1 Å². The number of aryl methyl sites for hydroxylation is 5. The van der Waals surface area contributed by atoms with Crippen molar-refractivity contribution in [2.24, 2.45) is 0 Å². The van der Waals surface area contributed by atoms with E-state index in [0.717, 1.165) is 24.2 Å². The van der Waals surface area contributed by atoms with Gasteiger partial charge in [0.25, 0.3) is 6.47 Å². The van der Waals surface area contributed by atoms with Crippen molar-refractivity contribution >= 4 is 58.1 Å². The molecule has 5 unspecified atom stereocenters. The molecule has 16 rings (SSSR count). The van der Waals surface area contributed by atoms with Crippen molar-refractivity contribution in [1.82, 2.24) is 19.6 Å². The average molecular weight is 1560 g/mol. The van der Waals surface area contributed by atoms with Gasteiger partial charge in [0.05, 0.1) is 40.3 Å². The van der Waals surface area contributed by atoms with E-state index in [0.29, 0.717) is 30.8 Å². The number of benzene rings is 7. The van der Waals surface area contributed by atoms with Gasteiger partial charge in [-0.1, -0.05) is 135 Å². The summed E-state index contributed by atoms with van der Waals surface area (Å²) in [6.07, 6.45) is 18.8. The zero-order chi connectivity index (χ0) is 71.3. The van der Waals surface area contributed by atoms with Crippen molar-refractivity contribution in [2.45, 2.75) is 120 Å². The van der Waals surface area contributed by atoms with E-state index in [-0.39, 0.29) is 105 Å². The Kier molecular flexibility index (Phi) is 33.1. The van der Waals surface area contributed by atoms with Crippen molar-refractivity contribution in [3.63, 3.8) is 0 Å². The number of fused-ring (bicyclic) bond motifs is 14. The molecule has 5 atom stereocenters. The molecule has 7 aromatic rings. The van der Waals surface area contributed by atoms with Gasteiger partial charge in [0.1, 0.15) is 24.7 Å². The Morgan fingerprint density at radius 2 is 0.920 bits per heavy atom. The molecule has 517 valence electrons. The summed E-state index contributed by atoms with van der Waals surface area (Å²) in [4.78, 5) is 31.8. The molecule has 0 saturated carbocycles. The summed E-state index contributed by atoms with van der Waals surface area (Å²) < 4.78 is 0. The predicted octanol–water partition coefficient (Wildman–Crippen LogP) is 18.8. The van der Waals surface area contributed by atoms with Crippen LogP contribution in [0.15, 0.2) is 220 Å². The maximum atomic E-state index is 8.36. The second-order valence-electron chi connectivity index (χ2n) is 24.9. The molecule has 1 N–H and O–H groups in total. The summed E-state index contributed by atoms with van der Waals surface area (Å²) in [5, 5.41) is 6.89. The smallest absolute Gasteiger partial charge is 0.290 e. The van der Waals surface area contributed by atoms with Crippen LogP contribution < -0.4 is 29.4 Å². The minimum atomic E-state index is -0.250. The van der Waals surface area contributed by atoms with Crippen LogP contribution in [0.4, 0.5) is 39.8 Å². The van der Waals surface area contributed by atoms with Crippen LogP contribution in [0.1, 0.15) is 97.2 Å². The summed E-state index contributed by atoms with van der Waals surface area (Å²) in [5.74, 6) is 0. The van der Waals surface area contributed by atoms with Crippen LogP contribution in [-0.4, -0.2) is 97.2 Å². The Hall–Kier alpha value is -7.15. The molecule has 15 heteroatoms. The van der Waals surface area contributed by atoms with Crippen LogP contribution >= 0.6 is 0 Å². The Morgan fingerprint density at radius 3 is 1.50 bits per heavy atom. The number of para-hydroxylation sites is 6. The Morgan fingerprint density at radius 1 is 0.480 bits per heavy atom. The largest absolute Gasteiger partial charge is 0.521 e. The van der Waals surface area contributed by atoms with Crippen LogP contribution in [0.5, 0.6) is 0 Å². The number of carboxylic acid groups (broad SMARTS) is 1. The summed E-state index contributed by atoms with van der Waals surface area (Å²) in [6, 6.07) is 51.1. The normalized spacial score (nSPS) is 18.0. The van der Waals surface area contributed by atoms with Gasteiger partial charge in [0, 0.05) is 186 Å². The molecule has 0 bridgehead atoms. The maximum absolute atomic E-state index is 8.36. The summed E-state index contributed by atoms with van der Waals surface area (Å²) in [6.45, 7) is 51.4. The second-order valence-corrected chi connectivity index (χ2v) is 24.9. The first kappa shape index (κ1) is 85.3. The van der Waals surface area contributed by atoms with E-state index in [9.17, 15) is 0 Å². The van der Waals surface area contributed by atoms with Gasteiger partial charge < -0.3 is 67.3 Å². The minimum absolute atomic E-state index is 0. The van der Waals surface area contributed by atoms with E-state index >= 15 is 0 Å². The molecule has 0 saturated heterocycles. The first-order chi connectivity index (χ1) is 46.7. The third kappa shape index (κ3) is 17.3. The quantitative estimate of drug-likeness (QED) is 0.0967. The van der Waals surface area contributed by atoms with Crippen LogP contribution in [0.3, 0.4) is 0 Å². The number of carbonyl (C=O) groups is 1. The minimum Gasteiger partial charge on any atom is -0.521 e. The fourth-order valence-corrected chi connectivity index (χ4v) is 14.1. The topological polar surface area (TPSA) is 69.7 Å². The van der Waals surface area contributed by atoms with Crippen LogP contribution in [0.2, 0.25) is 0 Å². The van der Waals surface area contributed by atoms with Gasteiger partial charge in [-0.05, 0) is 132 Å². The molecular formula is C85H102N10O2Y3-4. The zero-order valence-electron chi connectivity index (χ0n) is 62.1. The number of nitrogens with zero attached hydrogens (tertiary/aromatic N) is 10. The van der Waals surface area contributed by atoms with Gasteiger partial charge in [-0.15, -0.1) is 43.8 Å². The molecule has 0 fully saturated rings. The molecule has 0 spiro atoms. The number of allylic oxidation sites excluding steroid dienone is 4. The number of hydrogen-bond donors (Lipinski definition) is 1. The SMILES string of the molecule is C=C.C=C.Cc1cccc2c1N1C(=CN(C)C1C)C2.Cc1cccc2c1N1C(=CN(C)C1C)C=C2.Cc1cccc2c1N1C(=CN(C)C1C)c1ccccc1-2.Cc1cccc2c1N1c3c(cccc3N(C)C1C)C2.O=CO.[CH-]=C.[CH-]=CC.[CH2-]C1=CN(C)C(C)N1c1[c-]cccc1C.[Y].[Y].[Y]. The van der Waals surface area contributed by atoms with Crippen molar-refractivity contribution in [2.75, 3.05) is 64.6 Å². The first-order valence-corrected chi connectivity index (χ1v) is 33.1. The van der Waals surface area contributed by atoms with E-state index in [1.54, 1.807) is 6.92 Å². The number of hydrogen-bond acceptors (Lipinski definition) is 11. The molecule has 3 radical (unpaired) electrons. The molecule has 9 heterocycles. The maximum Gasteiger partial charge on any atom is 0.290 e. The monoisotopic (exact) mass is 1560 g/mol. The first-order valence-electron chi connectivity index (χ1n) is 33.1. The van der Waals surface area contributed by atoms with Crippen molar-refractivity contribution in [1.29, 1.82) is 0 Å². The van der Waals surface area contributed by atoms with Crippen LogP contribution in [0.25, 0.3) is 22.9 Å². The Balaban J connectivity index is 0.000000254. The summed E-state index contributed by atoms with van der Waals surface area (Å²) in [5.41, 5.74) is 30.9. The van der Waals surface area contributed by atoms with E-state index < -0.39 is 0 Å². The van der Waals surface area contributed by atoms with Gasteiger partial charge in [-0.2, -0.15) is 24.3 Å². The van der Waals surface area contributed by atoms with Crippen LogP contribution in [-0.2, 0) is 116 Å². The summed E-state index contributed by atoms with van der Waals surface area (Å²) >= 11 is 0. The molecule has 100 heavy (non-hydrogen) atoms. The molecule has 0 aromatic heterocycles. The Bertz CT molecular complexity index is 4090. The van der Waals surface area contributed by atoms with Gasteiger partial charge in [-0.3, -0.25) is 17.4 Å². The third-order valence-corrected chi connectivity index (χ3v) is 19.1. The van der Waals surface area contributed by atoms with Crippen molar-refractivity contribution in [3.05, 3.63) is 302 Å². The second kappa shape index (κ2) is 38.8.